The van der Waals surface area contributed by atoms with Crippen molar-refractivity contribution in [3.05, 3.63) is 0 Å². The second kappa shape index (κ2) is 3.03. The van der Waals surface area contributed by atoms with Crippen LogP contribution in [0.1, 0.15) is 13.8 Å². The lowest BCUT2D eigenvalue weighted by atomic mass is 9.65. The predicted octanol–water partition coefficient (Wildman–Crippen LogP) is -0.211. The van der Waals surface area contributed by atoms with Gasteiger partial charge in [0, 0.05) is 0 Å². The van der Waals surface area contributed by atoms with Crippen molar-refractivity contribution < 1.29 is 18.7 Å². The van der Waals surface area contributed by atoms with E-state index < -0.39 is 0 Å². The second-order valence-corrected chi connectivity index (χ2v) is 3.61. The summed E-state index contributed by atoms with van der Waals surface area (Å²) in [4.78, 5) is 0. The fourth-order valence-electron chi connectivity index (χ4n) is 1.26. The molecule has 0 aromatic carbocycles. The molecule has 2 fully saturated rings. The van der Waals surface area contributed by atoms with E-state index in [2.05, 4.69) is 0 Å². The summed E-state index contributed by atoms with van der Waals surface area (Å²) in [5.41, 5.74) is -0.204. The normalized spacial score (nSPS) is 33.8. The number of hydrogen-bond donors (Lipinski definition) is 0. The monoisotopic (exact) mass is 169 g/mol. The van der Waals surface area contributed by atoms with E-state index in [1.54, 1.807) is 7.48 Å². The van der Waals surface area contributed by atoms with Gasteiger partial charge in [0.25, 0.3) is 0 Å². The highest BCUT2D eigenvalue weighted by molar-refractivity contribution is 6.61. The summed E-state index contributed by atoms with van der Waals surface area (Å²) in [6.07, 6.45) is 0. The van der Waals surface area contributed by atoms with Gasteiger partial charge in [-0.1, -0.05) is 0 Å². The number of ether oxygens (including phenoxy) is 1. The smallest absolute Gasteiger partial charge is 0.417 e. The molecule has 0 aromatic rings. The van der Waals surface area contributed by atoms with Gasteiger partial charge in [-0.2, -0.15) is 0 Å². The van der Waals surface area contributed by atoms with Crippen LogP contribution in [0.5, 0.6) is 0 Å². The Morgan fingerprint density at radius 2 is 2.33 bits per heavy atom. The van der Waals surface area contributed by atoms with E-state index >= 15 is 0 Å². The van der Waals surface area contributed by atoms with Crippen molar-refractivity contribution in [2.75, 3.05) is 13.4 Å². The highest BCUT2D eigenvalue weighted by Crippen LogP contribution is 2.23. The summed E-state index contributed by atoms with van der Waals surface area (Å²) in [6.45, 7) is 4.88. The van der Waals surface area contributed by atoms with Crippen molar-refractivity contribution in [2.45, 2.75) is 25.4 Å². The van der Waals surface area contributed by atoms with Crippen LogP contribution in [0.3, 0.4) is 0 Å². The number of rotatable bonds is 1. The van der Waals surface area contributed by atoms with Crippen molar-refractivity contribution >= 4 is 14.6 Å². The number of hydrogen-bond acceptors (Lipinski definition) is 4. The van der Waals surface area contributed by atoms with Crippen LogP contribution >= 0.6 is 0 Å². The van der Waals surface area contributed by atoms with E-state index in [1.807, 2.05) is 13.8 Å². The molecular formula is C6H11B2O4. The van der Waals surface area contributed by atoms with Crippen molar-refractivity contribution in [3.63, 3.8) is 0 Å². The highest BCUT2D eigenvalue weighted by atomic mass is 16.7. The fraction of sp³-hybridized carbons (Fsp3) is 1.00. The predicted molar refractivity (Wildman–Crippen MR) is 43.4 cm³/mol. The van der Waals surface area contributed by atoms with Gasteiger partial charge in [0.15, 0.2) is 0 Å². The Balaban J connectivity index is 1.90. The molecule has 12 heavy (non-hydrogen) atoms. The second-order valence-electron chi connectivity index (χ2n) is 3.61. The zero-order valence-electron chi connectivity index (χ0n) is 7.28. The minimum atomic E-state index is -0.303. The third-order valence-electron chi connectivity index (χ3n) is 1.86. The van der Waals surface area contributed by atoms with E-state index in [0.29, 0.717) is 13.4 Å². The van der Waals surface area contributed by atoms with Crippen molar-refractivity contribution in [2.24, 2.45) is 0 Å². The molecule has 0 bridgehead atoms. The lowest BCUT2D eigenvalue weighted by Crippen LogP contribution is -2.37. The quantitative estimate of drug-likeness (QED) is 0.508. The summed E-state index contributed by atoms with van der Waals surface area (Å²) >= 11 is 0. The van der Waals surface area contributed by atoms with E-state index in [1.165, 1.54) is 0 Å². The fourth-order valence-corrected chi connectivity index (χ4v) is 1.26. The summed E-state index contributed by atoms with van der Waals surface area (Å²) in [7, 11) is 1.31. The van der Waals surface area contributed by atoms with Crippen molar-refractivity contribution in [3.8, 4) is 0 Å². The molecule has 0 N–H and O–H groups in total. The molecule has 0 aromatic heterocycles. The molecule has 2 saturated heterocycles. The van der Waals surface area contributed by atoms with Crippen LogP contribution in [0, 0.1) is 0 Å². The van der Waals surface area contributed by atoms with Crippen LogP contribution in [-0.4, -0.2) is 39.5 Å². The Bertz CT molecular complexity index is 169. The molecule has 0 aliphatic carbocycles. The van der Waals surface area contributed by atoms with Gasteiger partial charge in [-0.15, -0.1) is 0 Å². The van der Waals surface area contributed by atoms with E-state index in [9.17, 15) is 0 Å². The summed E-state index contributed by atoms with van der Waals surface area (Å²) in [6, 6.07) is 0. The zero-order chi connectivity index (χ0) is 8.60. The van der Waals surface area contributed by atoms with Crippen molar-refractivity contribution in [1.82, 2.24) is 0 Å². The largest absolute Gasteiger partial charge is 0.482 e. The Labute approximate surface area is 72.9 Å². The van der Waals surface area contributed by atoms with E-state index in [0.717, 1.165) is 0 Å². The molecule has 0 saturated carbocycles. The first kappa shape index (κ1) is 8.56. The molecular weight excluding hydrogens is 158 g/mol. The van der Waals surface area contributed by atoms with Gasteiger partial charge in [0.1, 0.15) is 6.79 Å². The van der Waals surface area contributed by atoms with Crippen molar-refractivity contribution in [1.29, 1.82) is 0 Å². The van der Waals surface area contributed by atoms with Crippen LogP contribution in [0.2, 0.25) is 0 Å². The van der Waals surface area contributed by atoms with Gasteiger partial charge in [0.05, 0.1) is 18.1 Å². The molecule has 4 nitrogen and oxygen atoms in total. The van der Waals surface area contributed by atoms with E-state index in [-0.39, 0.29) is 18.6 Å². The molecule has 6 heteroatoms. The molecule has 65 valence electrons. The maximum absolute atomic E-state index is 5.57. The van der Waals surface area contributed by atoms with Gasteiger partial charge in [-0.25, -0.2) is 0 Å². The molecule has 2 aliphatic heterocycles. The molecule has 1 atom stereocenters. The minimum absolute atomic E-state index is 0.174. The van der Waals surface area contributed by atoms with Crippen LogP contribution in [0.25, 0.3) is 0 Å². The van der Waals surface area contributed by atoms with E-state index in [4.69, 9.17) is 18.7 Å². The van der Waals surface area contributed by atoms with Crippen LogP contribution in [0.4, 0.5) is 0 Å². The third kappa shape index (κ3) is 1.66. The average Bonchev–Trinajstić information content (AvgIpc) is 2.55. The molecule has 0 spiro atoms. The Morgan fingerprint density at radius 1 is 1.50 bits per heavy atom. The Hall–Kier alpha value is -0.0301. The molecule has 1 radical (unpaired) electrons. The highest BCUT2D eigenvalue weighted by Gasteiger charge is 2.45. The van der Waals surface area contributed by atoms with Gasteiger partial charge in [0.2, 0.25) is 0 Å². The van der Waals surface area contributed by atoms with Crippen LogP contribution < -0.4 is 0 Å². The minimum Gasteiger partial charge on any atom is -0.417 e. The van der Waals surface area contributed by atoms with Gasteiger partial charge in [-0.3, -0.25) is 0 Å². The molecule has 2 aliphatic rings. The molecule has 2 heterocycles. The first-order valence-electron chi connectivity index (χ1n) is 4.03. The third-order valence-corrected chi connectivity index (χ3v) is 1.86. The summed E-state index contributed by atoms with van der Waals surface area (Å²) in [5, 5.41) is 0. The SMILES string of the molecule is CC1(C)COB(C2[B]OCO2)O1. The first-order valence-corrected chi connectivity index (χ1v) is 4.03. The maximum atomic E-state index is 5.57. The van der Waals surface area contributed by atoms with Crippen LogP contribution in [0.15, 0.2) is 0 Å². The zero-order valence-corrected chi connectivity index (χ0v) is 7.28. The topological polar surface area (TPSA) is 36.9 Å². The summed E-state index contributed by atoms with van der Waals surface area (Å²) < 4.78 is 21.1. The first-order chi connectivity index (χ1) is 5.67. The standard InChI is InChI=1S/C6H11B2O4/c1-6(2)3-11-8(12-6)5-7-10-4-9-5/h5H,3-4H2,1-2H3. The lowest BCUT2D eigenvalue weighted by molar-refractivity contribution is 0.0612. The summed E-state index contributed by atoms with van der Waals surface area (Å²) in [5.74, 6) is -0.174. The average molecular weight is 169 g/mol. The lowest BCUT2D eigenvalue weighted by Gasteiger charge is -2.16. The molecule has 0 amide bonds. The Morgan fingerprint density at radius 3 is 2.83 bits per heavy atom. The van der Waals surface area contributed by atoms with Gasteiger partial charge < -0.3 is 18.7 Å². The van der Waals surface area contributed by atoms with Gasteiger partial charge >= 0.3 is 14.6 Å². The van der Waals surface area contributed by atoms with Gasteiger partial charge in [-0.05, 0) is 13.8 Å². The maximum Gasteiger partial charge on any atom is 0.482 e. The molecule has 2 rings (SSSR count). The van der Waals surface area contributed by atoms with Crippen LogP contribution in [-0.2, 0) is 18.7 Å². The molecule has 1 unspecified atom stereocenters. The Kier molecular flexibility index (Phi) is 2.16.